The third kappa shape index (κ3) is 5.13. The molecular weight excluding hydrogens is 408 g/mol. The van der Waals surface area contributed by atoms with E-state index < -0.39 is 28.5 Å². The van der Waals surface area contributed by atoms with Crippen LogP contribution in [0.3, 0.4) is 0 Å². The van der Waals surface area contributed by atoms with E-state index in [2.05, 4.69) is 21.2 Å². The van der Waals surface area contributed by atoms with Crippen molar-refractivity contribution in [2.75, 3.05) is 11.9 Å². The van der Waals surface area contributed by atoms with Crippen molar-refractivity contribution in [3.63, 3.8) is 0 Å². The van der Waals surface area contributed by atoms with Gasteiger partial charge in [0.1, 0.15) is 4.21 Å². The molecule has 1 aromatic heterocycles. The topological polar surface area (TPSA) is 116 Å². The molecule has 0 radical (unpaired) electrons. The highest BCUT2D eigenvalue weighted by atomic mass is 79.9. The summed E-state index contributed by atoms with van der Waals surface area (Å²) in [5, 5.41) is 8.81. The van der Waals surface area contributed by atoms with E-state index in [0.717, 1.165) is 21.9 Å². The molecule has 10 heteroatoms. The minimum absolute atomic E-state index is 0.0236. The number of sulfonamides is 1. The lowest BCUT2D eigenvalue weighted by atomic mass is 10.3. The van der Waals surface area contributed by atoms with Crippen molar-refractivity contribution in [1.29, 1.82) is 0 Å². The summed E-state index contributed by atoms with van der Waals surface area (Å²) in [6, 6.07) is 7.97. The Kier molecular flexibility index (Phi) is 5.52. The molecule has 0 saturated heterocycles. The van der Waals surface area contributed by atoms with Gasteiger partial charge in [-0.1, -0.05) is 15.9 Å². The molecule has 7 nitrogen and oxygen atoms in total. The third-order valence-corrected chi connectivity index (χ3v) is 5.47. The first-order chi connectivity index (χ1) is 10.8. The van der Waals surface area contributed by atoms with Crippen LogP contribution in [0.15, 0.2) is 44.4 Å². The standard InChI is InChI=1S/C13H11BrN2O5S2/c14-9-1-3-10(4-2-9)16-11(17)6-21-13(18)8-5-12(22-7-8)23(15,19)20/h1-5,7H,6H2,(H,16,17)(H2,15,19,20). The van der Waals surface area contributed by atoms with Crippen LogP contribution in [0.2, 0.25) is 0 Å². The summed E-state index contributed by atoms with van der Waals surface area (Å²) >= 11 is 4.07. The molecule has 0 fully saturated rings. The number of nitrogens with one attached hydrogen (secondary N) is 1. The number of halogens is 1. The van der Waals surface area contributed by atoms with Gasteiger partial charge in [-0.2, -0.15) is 0 Å². The van der Waals surface area contributed by atoms with Gasteiger partial charge in [0.2, 0.25) is 10.0 Å². The van der Waals surface area contributed by atoms with Gasteiger partial charge in [0, 0.05) is 15.5 Å². The van der Waals surface area contributed by atoms with Crippen molar-refractivity contribution in [3.05, 3.63) is 45.7 Å². The average Bonchev–Trinajstić information content (AvgIpc) is 2.97. The van der Waals surface area contributed by atoms with Crippen LogP contribution in [0.25, 0.3) is 0 Å². The number of hydrogen-bond donors (Lipinski definition) is 2. The minimum Gasteiger partial charge on any atom is -0.452 e. The molecule has 1 heterocycles. The maximum atomic E-state index is 11.7. The van der Waals surface area contributed by atoms with E-state index in [-0.39, 0.29) is 9.77 Å². The molecule has 0 aliphatic carbocycles. The van der Waals surface area contributed by atoms with Crippen LogP contribution in [0, 0.1) is 0 Å². The van der Waals surface area contributed by atoms with Crippen LogP contribution >= 0.6 is 27.3 Å². The second-order valence-corrected chi connectivity index (χ2v) is 7.95. The summed E-state index contributed by atoms with van der Waals surface area (Å²) in [5.74, 6) is -1.32. The van der Waals surface area contributed by atoms with Crippen LogP contribution in [0.5, 0.6) is 0 Å². The summed E-state index contributed by atoms with van der Waals surface area (Å²) < 4.78 is 27.8. The van der Waals surface area contributed by atoms with Gasteiger partial charge in [-0.3, -0.25) is 4.79 Å². The summed E-state index contributed by atoms with van der Waals surface area (Å²) in [7, 11) is -3.86. The van der Waals surface area contributed by atoms with Gasteiger partial charge >= 0.3 is 5.97 Å². The molecule has 2 aromatic rings. The summed E-state index contributed by atoms with van der Waals surface area (Å²) in [4.78, 5) is 23.4. The smallest absolute Gasteiger partial charge is 0.339 e. The molecule has 0 atom stereocenters. The van der Waals surface area contributed by atoms with Crippen molar-refractivity contribution in [1.82, 2.24) is 0 Å². The highest BCUT2D eigenvalue weighted by Crippen LogP contribution is 2.19. The van der Waals surface area contributed by atoms with E-state index in [1.807, 2.05) is 0 Å². The van der Waals surface area contributed by atoms with Gasteiger partial charge in [0.15, 0.2) is 6.61 Å². The Balaban J connectivity index is 1.90. The molecule has 2 rings (SSSR count). The molecule has 0 saturated carbocycles. The Morgan fingerprint density at radius 1 is 1.26 bits per heavy atom. The Hall–Kier alpha value is -1.75. The van der Waals surface area contributed by atoms with Gasteiger partial charge in [0.05, 0.1) is 5.56 Å². The lowest BCUT2D eigenvalue weighted by Crippen LogP contribution is -2.20. The Morgan fingerprint density at radius 3 is 2.48 bits per heavy atom. The van der Waals surface area contributed by atoms with Gasteiger partial charge in [-0.25, -0.2) is 18.4 Å². The molecule has 3 N–H and O–H groups in total. The maximum absolute atomic E-state index is 11.7. The van der Waals surface area contributed by atoms with E-state index in [1.54, 1.807) is 24.3 Å². The number of primary sulfonamides is 1. The van der Waals surface area contributed by atoms with Crippen LogP contribution < -0.4 is 10.5 Å². The quantitative estimate of drug-likeness (QED) is 0.719. The molecule has 1 amide bonds. The van der Waals surface area contributed by atoms with Crippen molar-refractivity contribution in [3.8, 4) is 0 Å². The summed E-state index contributed by atoms with van der Waals surface area (Å²) in [6.45, 7) is -0.491. The van der Waals surface area contributed by atoms with E-state index in [9.17, 15) is 18.0 Å². The number of carbonyl (C=O) groups excluding carboxylic acids is 2. The number of hydrogen-bond acceptors (Lipinski definition) is 6. The van der Waals surface area contributed by atoms with E-state index in [0.29, 0.717) is 5.69 Å². The normalized spacial score (nSPS) is 11.0. The van der Waals surface area contributed by atoms with E-state index in [1.165, 1.54) is 5.38 Å². The van der Waals surface area contributed by atoms with Crippen LogP contribution in [0.4, 0.5) is 5.69 Å². The fourth-order valence-electron chi connectivity index (χ4n) is 1.52. The van der Waals surface area contributed by atoms with Gasteiger partial charge < -0.3 is 10.1 Å². The minimum atomic E-state index is -3.86. The molecular formula is C13H11BrN2O5S2. The molecule has 0 spiro atoms. The van der Waals surface area contributed by atoms with Gasteiger partial charge in [-0.15, -0.1) is 11.3 Å². The monoisotopic (exact) mass is 418 g/mol. The molecule has 0 aliphatic rings. The highest BCUT2D eigenvalue weighted by molar-refractivity contribution is 9.10. The number of anilines is 1. The Labute approximate surface area is 144 Å². The van der Waals surface area contributed by atoms with Gasteiger partial charge in [-0.05, 0) is 30.3 Å². The Bertz CT molecular complexity index is 830. The zero-order valence-corrected chi connectivity index (χ0v) is 14.7. The fraction of sp³-hybridized carbons (Fsp3) is 0.0769. The maximum Gasteiger partial charge on any atom is 0.339 e. The highest BCUT2D eigenvalue weighted by Gasteiger charge is 2.17. The molecule has 122 valence electrons. The first-order valence-corrected chi connectivity index (χ1v) is 9.31. The average molecular weight is 419 g/mol. The van der Waals surface area contributed by atoms with Gasteiger partial charge in [0.25, 0.3) is 5.91 Å². The molecule has 1 aromatic carbocycles. The van der Waals surface area contributed by atoms with E-state index in [4.69, 9.17) is 9.88 Å². The van der Waals surface area contributed by atoms with Crippen LogP contribution in [-0.4, -0.2) is 26.9 Å². The first kappa shape index (κ1) is 17.6. The lowest BCUT2D eigenvalue weighted by molar-refractivity contribution is -0.119. The first-order valence-electron chi connectivity index (χ1n) is 6.09. The van der Waals surface area contributed by atoms with Crippen molar-refractivity contribution in [2.45, 2.75) is 4.21 Å². The number of ether oxygens (including phenoxy) is 1. The van der Waals surface area contributed by atoms with E-state index >= 15 is 0 Å². The van der Waals surface area contributed by atoms with Crippen molar-refractivity contribution >= 4 is 54.9 Å². The second kappa shape index (κ2) is 7.21. The summed E-state index contributed by atoms with van der Waals surface area (Å²) in [5.41, 5.74) is 0.580. The number of amides is 1. The lowest BCUT2D eigenvalue weighted by Gasteiger charge is -2.06. The van der Waals surface area contributed by atoms with Crippen molar-refractivity contribution < 1.29 is 22.7 Å². The zero-order valence-electron chi connectivity index (χ0n) is 11.5. The number of rotatable bonds is 5. The molecule has 0 aliphatic heterocycles. The number of carbonyl (C=O) groups is 2. The predicted octanol–water partition coefficient (Wildman–Crippen LogP) is 1.95. The fourth-order valence-corrected chi connectivity index (χ4v) is 3.36. The second-order valence-electron chi connectivity index (χ2n) is 4.33. The molecule has 0 bridgehead atoms. The third-order valence-electron chi connectivity index (χ3n) is 2.55. The predicted molar refractivity (Wildman–Crippen MR) is 88.7 cm³/mol. The number of thiophene rings is 1. The number of nitrogens with two attached hydrogens (primary N) is 1. The number of esters is 1. The Morgan fingerprint density at radius 2 is 1.91 bits per heavy atom. The van der Waals surface area contributed by atoms with Crippen LogP contribution in [-0.2, 0) is 19.6 Å². The number of benzene rings is 1. The van der Waals surface area contributed by atoms with Crippen LogP contribution in [0.1, 0.15) is 10.4 Å². The summed E-state index contributed by atoms with van der Waals surface area (Å²) in [6.07, 6.45) is 0. The molecule has 0 unspecified atom stereocenters. The van der Waals surface area contributed by atoms with Crippen molar-refractivity contribution in [2.24, 2.45) is 5.14 Å². The SMILES string of the molecule is NS(=O)(=O)c1cc(C(=O)OCC(=O)Nc2ccc(Br)cc2)cs1. The largest absolute Gasteiger partial charge is 0.452 e. The zero-order chi connectivity index (χ0) is 17.0. The molecule has 23 heavy (non-hydrogen) atoms.